The maximum Gasteiger partial charge on any atom is 0.246 e. The Kier molecular flexibility index (Phi) is 8.63. The Labute approximate surface area is 186 Å². The van der Waals surface area contributed by atoms with Gasteiger partial charge in [-0.05, 0) is 43.0 Å². The van der Waals surface area contributed by atoms with Gasteiger partial charge in [0.15, 0.2) is 5.96 Å². The Balaban J connectivity index is 1.49. The van der Waals surface area contributed by atoms with Gasteiger partial charge in [0.05, 0.1) is 0 Å². The van der Waals surface area contributed by atoms with Crippen LogP contribution in [0.25, 0.3) is 0 Å². The van der Waals surface area contributed by atoms with E-state index in [1.165, 1.54) is 0 Å². The Morgan fingerprint density at radius 3 is 2.94 bits per heavy atom. The molecule has 31 heavy (non-hydrogen) atoms. The first kappa shape index (κ1) is 23.0. The molecule has 3 N–H and O–H groups in total. The molecule has 0 aliphatic heterocycles. The average Bonchev–Trinajstić information content (AvgIpc) is 3.29. The van der Waals surface area contributed by atoms with Crippen LogP contribution >= 0.6 is 0 Å². The molecule has 9 heteroatoms. The zero-order valence-electron chi connectivity index (χ0n) is 18.2. The number of benzene rings is 1. The van der Waals surface area contributed by atoms with E-state index >= 15 is 0 Å². The monoisotopic (exact) mass is 444 g/mol. The molecule has 1 saturated carbocycles. The average molecular weight is 445 g/mol. The summed E-state index contributed by atoms with van der Waals surface area (Å²) in [6.07, 6.45) is 7.52. The first-order valence-corrected chi connectivity index (χ1v) is 12.2. The lowest BCUT2D eigenvalue weighted by Gasteiger charge is -2.30. The Bertz CT molecular complexity index is 899. The fourth-order valence-corrected chi connectivity index (χ4v) is 5.17. The van der Waals surface area contributed by atoms with Crippen LogP contribution in [0.1, 0.15) is 38.2 Å². The lowest BCUT2D eigenvalue weighted by molar-refractivity contribution is -0.116. The van der Waals surface area contributed by atoms with Crippen LogP contribution in [0.4, 0.5) is 5.69 Å². The summed E-state index contributed by atoms with van der Waals surface area (Å²) in [5.74, 6) is 1.34. The molecule has 0 radical (unpaired) electrons. The standard InChI is InChI=1S/C22H32N6O2S/c1-3-31(30)20-10-5-9-19(14-20)27-22(23-2)24-15-17-7-4-8-18(13-17)26-21(29)16-28-12-6-11-25-28/h4,6-8,11-13,19-20H,3,5,9-10,14-16H2,1-2H3,(H,26,29)(H2,23,24,27). The van der Waals surface area contributed by atoms with Crippen LogP contribution in [0.3, 0.4) is 0 Å². The molecule has 2 aromatic rings. The molecular weight excluding hydrogens is 412 g/mol. The van der Waals surface area contributed by atoms with Crippen molar-refractivity contribution >= 4 is 28.4 Å². The number of rotatable bonds is 8. The molecule has 0 saturated heterocycles. The molecule has 0 bridgehead atoms. The summed E-state index contributed by atoms with van der Waals surface area (Å²) >= 11 is 0. The first-order valence-electron chi connectivity index (χ1n) is 10.8. The van der Waals surface area contributed by atoms with E-state index in [0.29, 0.717) is 6.54 Å². The third-order valence-electron chi connectivity index (χ3n) is 5.38. The van der Waals surface area contributed by atoms with Gasteiger partial charge in [0, 0.05) is 59.5 Å². The van der Waals surface area contributed by atoms with E-state index in [4.69, 9.17) is 0 Å². The lowest BCUT2D eigenvalue weighted by Crippen LogP contribution is -2.46. The lowest BCUT2D eigenvalue weighted by atomic mass is 9.95. The Hall–Kier alpha value is -2.68. The zero-order chi connectivity index (χ0) is 22.1. The molecule has 8 nitrogen and oxygen atoms in total. The fraction of sp³-hybridized carbons (Fsp3) is 0.500. The molecule has 1 aromatic heterocycles. The molecule has 3 atom stereocenters. The van der Waals surface area contributed by atoms with Crippen molar-refractivity contribution in [1.82, 2.24) is 20.4 Å². The van der Waals surface area contributed by atoms with Crippen LogP contribution in [0.5, 0.6) is 0 Å². The van der Waals surface area contributed by atoms with Crippen LogP contribution < -0.4 is 16.0 Å². The van der Waals surface area contributed by atoms with Crippen molar-refractivity contribution in [2.75, 3.05) is 18.1 Å². The molecule has 3 unspecified atom stereocenters. The molecular formula is C22H32N6O2S. The smallest absolute Gasteiger partial charge is 0.246 e. The van der Waals surface area contributed by atoms with Gasteiger partial charge in [0.25, 0.3) is 0 Å². The van der Waals surface area contributed by atoms with Crippen LogP contribution in [0, 0.1) is 0 Å². The number of hydrogen-bond acceptors (Lipinski definition) is 4. The molecule has 1 aromatic carbocycles. The Morgan fingerprint density at radius 2 is 2.19 bits per heavy atom. The van der Waals surface area contributed by atoms with Crippen molar-refractivity contribution in [2.24, 2.45) is 4.99 Å². The van der Waals surface area contributed by atoms with E-state index in [9.17, 15) is 9.00 Å². The molecule has 1 fully saturated rings. The Morgan fingerprint density at radius 1 is 1.32 bits per heavy atom. The summed E-state index contributed by atoms with van der Waals surface area (Å²) < 4.78 is 13.8. The second-order valence-electron chi connectivity index (χ2n) is 7.68. The van der Waals surface area contributed by atoms with Crippen molar-refractivity contribution in [3.63, 3.8) is 0 Å². The minimum Gasteiger partial charge on any atom is -0.354 e. The van der Waals surface area contributed by atoms with Crippen LogP contribution in [0.15, 0.2) is 47.7 Å². The van der Waals surface area contributed by atoms with Gasteiger partial charge in [0.1, 0.15) is 6.54 Å². The third kappa shape index (κ3) is 7.20. The predicted molar refractivity (Wildman–Crippen MR) is 125 cm³/mol. The fourth-order valence-electron chi connectivity index (χ4n) is 3.82. The number of guanidine groups is 1. The van der Waals surface area contributed by atoms with Gasteiger partial charge in [-0.3, -0.25) is 18.7 Å². The third-order valence-corrected chi connectivity index (χ3v) is 7.12. The maximum absolute atomic E-state index is 12.2. The normalized spacial score (nSPS) is 20.1. The van der Waals surface area contributed by atoms with E-state index in [2.05, 4.69) is 26.0 Å². The summed E-state index contributed by atoms with van der Waals surface area (Å²) in [7, 11) is 1.01. The molecule has 3 rings (SSSR count). The molecule has 168 valence electrons. The number of amides is 1. The first-order chi connectivity index (χ1) is 15.1. The molecule has 1 aliphatic rings. The maximum atomic E-state index is 12.2. The molecule has 0 spiro atoms. The predicted octanol–water partition coefficient (Wildman–Crippen LogP) is 2.27. The van der Waals surface area contributed by atoms with Gasteiger partial charge < -0.3 is 16.0 Å². The summed E-state index contributed by atoms with van der Waals surface area (Å²) in [6, 6.07) is 9.81. The van der Waals surface area contributed by atoms with Crippen LogP contribution in [0.2, 0.25) is 0 Å². The summed E-state index contributed by atoms with van der Waals surface area (Å²) in [5, 5.41) is 14.1. The number of hydrogen-bond donors (Lipinski definition) is 3. The zero-order valence-corrected chi connectivity index (χ0v) is 19.0. The van der Waals surface area contributed by atoms with Crippen molar-refractivity contribution in [3.8, 4) is 0 Å². The van der Waals surface area contributed by atoms with Crippen molar-refractivity contribution in [1.29, 1.82) is 0 Å². The second kappa shape index (κ2) is 11.6. The minimum atomic E-state index is -0.743. The van der Waals surface area contributed by atoms with Gasteiger partial charge in [-0.2, -0.15) is 5.10 Å². The van der Waals surface area contributed by atoms with Gasteiger partial charge in [-0.15, -0.1) is 0 Å². The highest BCUT2D eigenvalue weighted by Gasteiger charge is 2.26. The van der Waals surface area contributed by atoms with E-state index in [1.807, 2.05) is 31.2 Å². The van der Waals surface area contributed by atoms with E-state index in [-0.39, 0.29) is 23.7 Å². The number of aliphatic imine (C=N–C) groups is 1. The summed E-state index contributed by atoms with van der Waals surface area (Å²) in [4.78, 5) is 16.5. The van der Waals surface area contributed by atoms with Gasteiger partial charge in [0.2, 0.25) is 5.91 Å². The van der Waals surface area contributed by atoms with Crippen molar-refractivity contribution in [2.45, 2.75) is 57.0 Å². The topological polar surface area (TPSA) is 100 Å². The SMILES string of the molecule is CCS(=O)C1CCCC(NC(=NC)NCc2cccc(NC(=O)Cn3cccn3)c2)C1. The summed E-state index contributed by atoms with van der Waals surface area (Å²) in [6.45, 7) is 2.75. The number of carbonyl (C=O) groups excluding carboxylic acids is 1. The number of carbonyl (C=O) groups is 1. The van der Waals surface area contributed by atoms with Gasteiger partial charge in [-0.25, -0.2) is 0 Å². The van der Waals surface area contributed by atoms with Gasteiger partial charge in [-0.1, -0.05) is 25.5 Å². The number of aromatic nitrogens is 2. The number of nitrogens with zero attached hydrogens (tertiary/aromatic N) is 3. The van der Waals surface area contributed by atoms with Crippen LogP contribution in [-0.2, 0) is 28.7 Å². The van der Waals surface area contributed by atoms with Crippen LogP contribution in [-0.4, -0.2) is 49.9 Å². The summed E-state index contributed by atoms with van der Waals surface area (Å²) in [5.41, 5.74) is 1.78. The second-order valence-corrected chi connectivity index (χ2v) is 9.68. The highest BCUT2D eigenvalue weighted by molar-refractivity contribution is 7.85. The molecule has 1 amide bonds. The highest BCUT2D eigenvalue weighted by Crippen LogP contribution is 2.23. The van der Waals surface area contributed by atoms with Crippen molar-refractivity contribution in [3.05, 3.63) is 48.3 Å². The number of anilines is 1. The molecule has 1 heterocycles. The minimum absolute atomic E-state index is 0.123. The quantitative estimate of drug-likeness (QED) is 0.428. The van der Waals surface area contributed by atoms with E-state index in [1.54, 1.807) is 30.2 Å². The largest absolute Gasteiger partial charge is 0.354 e. The van der Waals surface area contributed by atoms with E-state index in [0.717, 1.165) is 48.6 Å². The molecule has 1 aliphatic carbocycles. The number of nitrogens with one attached hydrogen (secondary N) is 3. The van der Waals surface area contributed by atoms with Crippen molar-refractivity contribution < 1.29 is 9.00 Å². The highest BCUT2D eigenvalue weighted by atomic mass is 32.2. The van der Waals surface area contributed by atoms with Gasteiger partial charge >= 0.3 is 0 Å². The van der Waals surface area contributed by atoms with E-state index < -0.39 is 10.8 Å².